The molecule has 1 atom stereocenters. The second-order valence-corrected chi connectivity index (χ2v) is 5.34. The first kappa shape index (κ1) is 17.7. The first-order chi connectivity index (χ1) is 8.69. The van der Waals surface area contributed by atoms with Crippen LogP contribution in [0.2, 0.25) is 0 Å². The van der Waals surface area contributed by atoms with Gasteiger partial charge >= 0.3 is 12.1 Å². The molecule has 0 heterocycles. The van der Waals surface area contributed by atoms with Gasteiger partial charge in [0.15, 0.2) is 0 Å². The molecule has 1 N–H and O–H groups in total. The van der Waals surface area contributed by atoms with Gasteiger partial charge in [0.25, 0.3) is 0 Å². The van der Waals surface area contributed by atoms with Crippen molar-refractivity contribution < 1.29 is 24.2 Å². The number of hydrogen-bond acceptors (Lipinski definition) is 4. The fraction of sp³-hybridized carbons (Fsp3) is 0.846. The Morgan fingerprint density at radius 3 is 2.32 bits per heavy atom. The van der Waals surface area contributed by atoms with E-state index in [1.165, 1.54) is 6.92 Å². The van der Waals surface area contributed by atoms with Gasteiger partial charge in [0.05, 0.1) is 12.2 Å². The van der Waals surface area contributed by atoms with Crippen molar-refractivity contribution in [3.8, 4) is 0 Å². The van der Waals surface area contributed by atoms with Crippen LogP contribution in [0.15, 0.2) is 0 Å². The smallest absolute Gasteiger partial charge is 0.412 e. The van der Waals surface area contributed by atoms with Crippen LogP contribution in [0.25, 0.3) is 0 Å². The Labute approximate surface area is 114 Å². The van der Waals surface area contributed by atoms with Crippen molar-refractivity contribution in [3.63, 3.8) is 0 Å². The first-order valence-electron chi connectivity index (χ1n) is 6.49. The number of carbonyl (C=O) groups is 2. The van der Waals surface area contributed by atoms with E-state index < -0.39 is 23.7 Å². The number of unbranched alkanes of at least 4 members (excludes halogenated alkanes) is 1. The molecular formula is C13H25NO5. The van der Waals surface area contributed by atoms with Crippen molar-refractivity contribution in [2.75, 3.05) is 13.3 Å². The molecule has 0 bridgehead atoms. The van der Waals surface area contributed by atoms with Gasteiger partial charge in [0.1, 0.15) is 12.8 Å². The number of amides is 1. The average Bonchev–Trinajstić information content (AvgIpc) is 2.27. The van der Waals surface area contributed by atoms with E-state index in [4.69, 9.17) is 14.6 Å². The zero-order valence-corrected chi connectivity index (χ0v) is 12.4. The normalized spacial score (nSPS) is 12.9. The van der Waals surface area contributed by atoms with Crippen molar-refractivity contribution in [1.29, 1.82) is 0 Å². The van der Waals surface area contributed by atoms with Crippen molar-refractivity contribution >= 4 is 12.1 Å². The van der Waals surface area contributed by atoms with Crippen LogP contribution >= 0.6 is 0 Å². The van der Waals surface area contributed by atoms with Gasteiger partial charge in [0, 0.05) is 0 Å². The van der Waals surface area contributed by atoms with Crippen LogP contribution in [0.3, 0.4) is 0 Å². The van der Waals surface area contributed by atoms with Crippen molar-refractivity contribution in [1.82, 2.24) is 4.90 Å². The second kappa shape index (κ2) is 7.99. The molecule has 0 fully saturated rings. The van der Waals surface area contributed by atoms with E-state index >= 15 is 0 Å². The summed E-state index contributed by atoms with van der Waals surface area (Å²) < 4.78 is 10.5. The lowest BCUT2D eigenvalue weighted by Crippen LogP contribution is -2.46. The predicted octanol–water partition coefficient (Wildman–Crippen LogP) is 2.47. The molecule has 1 amide bonds. The third-order valence-electron chi connectivity index (χ3n) is 2.42. The molecule has 0 aromatic rings. The summed E-state index contributed by atoms with van der Waals surface area (Å²) in [5.41, 5.74) is -0.458. The summed E-state index contributed by atoms with van der Waals surface area (Å²) in [5.74, 6) is -1.09. The van der Waals surface area contributed by atoms with Gasteiger partial charge in [-0.25, -0.2) is 9.59 Å². The number of carboxylic acids is 1. The van der Waals surface area contributed by atoms with Gasteiger partial charge in [-0.05, 0) is 34.1 Å². The zero-order chi connectivity index (χ0) is 15.1. The Balaban J connectivity index is 4.57. The fourth-order valence-electron chi connectivity index (χ4n) is 1.11. The molecule has 0 aliphatic carbocycles. The van der Waals surface area contributed by atoms with Crippen LogP contribution in [0, 0.1) is 0 Å². The van der Waals surface area contributed by atoms with Gasteiger partial charge < -0.3 is 14.6 Å². The highest BCUT2D eigenvalue weighted by Gasteiger charge is 2.28. The van der Waals surface area contributed by atoms with Crippen molar-refractivity contribution in [2.24, 2.45) is 0 Å². The molecule has 0 aromatic carbocycles. The van der Waals surface area contributed by atoms with E-state index in [-0.39, 0.29) is 13.3 Å². The largest absolute Gasteiger partial charge is 0.480 e. The highest BCUT2D eigenvalue weighted by Crippen LogP contribution is 2.11. The standard InChI is InChI=1S/C13H25NO5/c1-6-7-8-18-12(17)14(10(2)11(15)16)9-19-13(3,4)5/h10H,6-9H2,1-5H3,(H,15,16). The Kier molecular flexibility index (Phi) is 7.44. The van der Waals surface area contributed by atoms with Crippen LogP contribution in [0.4, 0.5) is 4.79 Å². The van der Waals surface area contributed by atoms with Crippen molar-refractivity contribution in [3.05, 3.63) is 0 Å². The first-order valence-corrected chi connectivity index (χ1v) is 6.49. The maximum Gasteiger partial charge on any atom is 0.412 e. The average molecular weight is 275 g/mol. The molecule has 6 nitrogen and oxygen atoms in total. The number of rotatable bonds is 7. The molecule has 6 heteroatoms. The molecule has 1 unspecified atom stereocenters. The molecule has 0 aliphatic rings. The Morgan fingerprint density at radius 1 is 1.32 bits per heavy atom. The molecule has 0 rings (SSSR count). The van der Waals surface area contributed by atoms with Gasteiger partial charge in [-0.2, -0.15) is 0 Å². The van der Waals surface area contributed by atoms with Gasteiger partial charge in [-0.3, -0.25) is 4.90 Å². The molecule has 0 saturated heterocycles. The third kappa shape index (κ3) is 7.66. The highest BCUT2D eigenvalue weighted by molar-refractivity contribution is 5.79. The molecule has 0 radical (unpaired) electrons. The van der Waals surface area contributed by atoms with E-state index in [0.717, 1.165) is 17.7 Å². The Morgan fingerprint density at radius 2 is 1.89 bits per heavy atom. The minimum absolute atomic E-state index is 0.109. The van der Waals surface area contributed by atoms with Crippen molar-refractivity contribution in [2.45, 2.75) is 59.1 Å². The lowest BCUT2D eigenvalue weighted by molar-refractivity contribution is -0.146. The van der Waals surface area contributed by atoms with Crippen LogP contribution in [-0.4, -0.2) is 47.0 Å². The topological polar surface area (TPSA) is 76.1 Å². The predicted molar refractivity (Wildman–Crippen MR) is 70.9 cm³/mol. The van der Waals surface area contributed by atoms with Gasteiger partial charge in [-0.15, -0.1) is 0 Å². The number of nitrogens with zero attached hydrogens (tertiary/aromatic N) is 1. The monoisotopic (exact) mass is 275 g/mol. The Bertz CT molecular complexity index is 298. The highest BCUT2D eigenvalue weighted by atomic mass is 16.6. The van der Waals surface area contributed by atoms with Gasteiger partial charge in [0.2, 0.25) is 0 Å². The van der Waals surface area contributed by atoms with Gasteiger partial charge in [-0.1, -0.05) is 13.3 Å². The summed E-state index contributed by atoms with van der Waals surface area (Å²) in [6, 6.07) is -0.989. The summed E-state index contributed by atoms with van der Waals surface area (Å²) in [7, 11) is 0. The molecule has 0 aromatic heterocycles. The van der Waals surface area contributed by atoms with Crippen LogP contribution in [0.1, 0.15) is 47.5 Å². The maximum atomic E-state index is 11.8. The molecule has 0 spiro atoms. The minimum atomic E-state index is -1.09. The number of aliphatic carboxylic acids is 1. The number of hydrogen-bond donors (Lipinski definition) is 1. The summed E-state index contributed by atoms with van der Waals surface area (Å²) in [6.45, 7) is 9.08. The van der Waals surface area contributed by atoms with E-state index in [0.29, 0.717) is 0 Å². The van der Waals surface area contributed by atoms with Crippen LogP contribution in [-0.2, 0) is 14.3 Å². The van der Waals surface area contributed by atoms with E-state index in [9.17, 15) is 9.59 Å². The molecule has 19 heavy (non-hydrogen) atoms. The molecule has 0 saturated carbocycles. The lowest BCUT2D eigenvalue weighted by atomic mass is 10.2. The summed E-state index contributed by atoms with van der Waals surface area (Å²) in [5, 5.41) is 9.00. The second-order valence-electron chi connectivity index (χ2n) is 5.34. The number of carboxylic acid groups (broad SMARTS) is 1. The van der Waals surface area contributed by atoms with Crippen LogP contribution < -0.4 is 0 Å². The van der Waals surface area contributed by atoms with E-state index in [2.05, 4.69) is 0 Å². The van der Waals surface area contributed by atoms with Crippen LogP contribution in [0.5, 0.6) is 0 Å². The third-order valence-corrected chi connectivity index (χ3v) is 2.42. The lowest BCUT2D eigenvalue weighted by Gasteiger charge is -2.29. The molecule has 0 aliphatic heterocycles. The number of ether oxygens (including phenoxy) is 2. The summed E-state index contributed by atoms with van der Waals surface area (Å²) in [4.78, 5) is 23.9. The fourth-order valence-corrected chi connectivity index (χ4v) is 1.11. The summed E-state index contributed by atoms with van der Waals surface area (Å²) >= 11 is 0. The van der Waals surface area contributed by atoms with E-state index in [1.54, 1.807) is 0 Å². The Hall–Kier alpha value is -1.30. The SMILES string of the molecule is CCCCOC(=O)N(COC(C)(C)C)C(C)C(=O)O. The molecular weight excluding hydrogens is 250 g/mol. The minimum Gasteiger partial charge on any atom is -0.480 e. The quantitative estimate of drug-likeness (QED) is 0.570. The summed E-state index contributed by atoms with van der Waals surface area (Å²) in [6.07, 6.45) is 0.995. The zero-order valence-electron chi connectivity index (χ0n) is 12.4. The number of carbonyl (C=O) groups excluding carboxylic acids is 1. The van der Waals surface area contributed by atoms with E-state index in [1.807, 2.05) is 27.7 Å². The maximum absolute atomic E-state index is 11.8. The molecule has 112 valence electrons.